The van der Waals surface area contributed by atoms with Gasteiger partial charge in [-0.2, -0.15) is 0 Å². The van der Waals surface area contributed by atoms with Crippen LogP contribution in [-0.4, -0.2) is 30.3 Å². The standard InChI is InChI=1S/C10H19N3O/c1-8(7-14-4)5-13-6-9(2)12-10(13)11-3/h6,8H,5,7H2,1-4H3,(H,11,12). The third-order valence-electron chi connectivity index (χ3n) is 2.08. The van der Waals surface area contributed by atoms with Gasteiger partial charge in [0.05, 0.1) is 12.3 Å². The Kier molecular flexibility index (Phi) is 3.95. The highest BCUT2D eigenvalue weighted by molar-refractivity contribution is 5.27. The molecule has 4 heteroatoms. The number of aryl methyl sites for hydroxylation is 1. The third-order valence-corrected chi connectivity index (χ3v) is 2.08. The molecule has 0 bridgehead atoms. The summed E-state index contributed by atoms with van der Waals surface area (Å²) in [5.41, 5.74) is 1.04. The molecule has 1 N–H and O–H groups in total. The van der Waals surface area contributed by atoms with Gasteiger partial charge in [0.25, 0.3) is 0 Å². The Bertz CT molecular complexity index is 283. The molecule has 1 aromatic heterocycles. The average molecular weight is 197 g/mol. The molecule has 1 heterocycles. The first-order valence-corrected chi connectivity index (χ1v) is 4.87. The molecule has 1 aromatic rings. The molecule has 0 saturated heterocycles. The number of hydrogen-bond acceptors (Lipinski definition) is 3. The fraction of sp³-hybridized carbons (Fsp3) is 0.700. The molecule has 0 aliphatic carbocycles. The smallest absolute Gasteiger partial charge is 0.202 e. The number of rotatable bonds is 5. The minimum absolute atomic E-state index is 0.501. The number of imidazole rings is 1. The van der Waals surface area contributed by atoms with Gasteiger partial charge in [-0.3, -0.25) is 0 Å². The van der Waals surface area contributed by atoms with Crippen LogP contribution in [0.4, 0.5) is 5.95 Å². The summed E-state index contributed by atoms with van der Waals surface area (Å²) in [7, 11) is 3.62. The SMILES string of the molecule is CNc1nc(C)cn1CC(C)COC. The molecule has 0 amide bonds. The van der Waals surface area contributed by atoms with Gasteiger partial charge in [-0.15, -0.1) is 0 Å². The quantitative estimate of drug-likeness (QED) is 0.777. The van der Waals surface area contributed by atoms with Crippen molar-refractivity contribution in [3.8, 4) is 0 Å². The zero-order valence-electron chi connectivity index (χ0n) is 9.37. The van der Waals surface area contributed by atoms with E-state index in [0.29, 0.717) is 5.92 Å². The number of hydrogen-bond donors (Lipinski definition) is 1. The van der Waals surface area contributed by atoms with Crippen LogP contribution in [0.2, 0.25) is 0 Å². The van der Waals surface area contributed by atoms with Crippen LogP contribution >= 0.6 is 0 Å². The van der Waals surface area contributed by atoms with Crippen LogP contribution in [0.25, 0.3) is 0 Å². The fourth-order valence-electron chi connectivity index (χ4n) is 1.56. The molecule has 1 atom stereocenters. The highest BCUT2D eigenvalue weighted by Gasteiger charge is 2.07. The van der Waals surface area contributed by atoms with E-state index in [-0.39, 0.29) is 0 Å². The van der Waals surface area contributed by atoms with Crippen molar-refractivity contribution in [1.82, 2.24) is 9.55 Å². The first-order valence-electron chi connectivity index (χ1n) is 4.87. The van der Waals surface area contributed by atoms with Gasteiger partial charge in [0.1, 0.15) is 0 Å². The van der Waals surface area contributed by atoms with Gasteiger partial charge < -0.3 is 14.6 Å². The average Bonchev–Trinajstić information content (AvgIpc) is 2.46. The van der Waals surface area contributed by atoms with Crippen LogP contribution in [0.3, 0.4) is 0 Å². The van der Waals surface area contributed by atoms with Gasteiger partial charge in [0.2, 0.25) is 5.95 Å². The van der Waals surface area contributed by atoms with Crippen LogP contribution in [0.15, 0.2) is 6.20 Å². The highest BCUT2D eigenvalue weighted by atomic mass is 16.5. The molecule has 1 unspecified atom stereocenters. The number of nitrogens with zero attached hydrogens (tertiary/aromatic N) is 2. The topological polar surface area (TPSA) is 39.1 Å². The molecule has 1 rings (SSSR count). The van der Waals surface area contributed by atoms with E-state index in [1.807, 2.05) is 14.0 Å². The lowest BCUT2D eigenvalue weighted by Crippen LogP contribution is -2.13. The summed E-state index contributed by atoms with van der Waals surface area (Å²) >= 11 is 0. The first-order chi connectivity index (χ1) is 6.67. The molecule has 0 spiro atoms. The first kappa shape index (κ1) is 11.0. The van der Waals surface area contributed by atoms with E-state index >= 15 is 0 Å². The monoisotopic (exact) mass is 197 g/mol. The Morgan fingerprint density at radius 3 is 2.93 bits per heavy atom. The molecule has 0 fully saturated rings. The Morgan fingerprint density at radius 2 is 2.36 bits per heavy atom. The van der Waals surface area contributed by atoms with Gasteiger partial charge in [0, 0.05) is 26.9 Å². The second-order valence-corrected chi connectivity index (χ2v) is 3.67. The lowest BCUT2D eigenvalue weighted by Gasteiger charge is -2.12. The Hall–Kier alpha value is -1.03. The molecule has 0 aliphatic heterocycles. The van der Waals surface area contributed by atoms with Gasteiger partial charge in [0.15, 0.2) is 0 Å². The van der Waals surface area contributed by atoms with E-state index in [4.69, 9.17) is 4.74 Å². The third kappa shape index (κ3) is 2.73. The van der Waals surface area contributed by atoms with Gasteiger partial charge in [-0.1, -0.05) is 6.92 Å². The molecular formula is C10H19N3O. The summed E-state index contributed by atoms with van der Waals surface area (Å²) in [4.78, 5) is 4.35. The number of anilines is 1. The molecule has 4 nitrogen and oxygen atoms in total. The zero-order valence-corrected chi connectivity index (χ0v) is 9.37. The summed E-state index contributed by atoms with van der Waals surface area (Å²) in [6.07, 6.45) is 2.05. The minimum Gasteiger partial charge on any atom is -0.384 e. The second-order valence-electron chi connectivity index (χ2n) is 3.67. The minimum atomic E-state index is 0.501. The molecule has 0 aliphatic rings. The van der Waals surface area contributed by atoms with Crippen molar-refractivity contribution < 1.29 is 4.74 Å². The predicted molar refractivity (Wildman–Crippen MR) is 57.6 cm³/mol. The van der Waals surface area contributed by atoms with Crippen LogP contribution in [0.5, 0.6) is 0 Å². The molecule has 14 heavy (non-hydrogen) atoms. The molecule has 0 saturated carbocycles. The van der Waals surface area contributed by atoms with Crippen molar-refractivity contribution in [2.45, 2.75) is 20.4 Å². The Balaban J connectivity index is 2.65. The summed E-state index contributed by atoms with van der Waals surface area (Å²) in [5.74, 6) is 1.42. The van der Waals surface area contributed by atoms with Crippen molar-refractivity contribution in [2.75, 3.05) is 26.1 Å². The maximum Gasteiger partial charge on any atom is 0.202 e. The largest absolute Gasteiger partial charge is 0.384 e. The molecule has 0 aromatic carbocycles. The number of aromatic nitrogens is 2. The Morgan fingerprint density at radius 1 is 1.64 bits per heavy atom. The highest BCUT2D eigenvalue weighted by Crippen LogP contribution is 2.10. The van der Waals surface area contributed by atoms with Gasteiger partial charge in [-0.05, 0) is 12.8 Å². The number of ether oxygens (including phenoxy) is 1. The van der Waals surface area contributed by atoms with Crippen LogP contribution in [-0.2, 0) is 11.3 Å². The predicted octanol–water partition coefficient (Wildman–Crippen LogP) is 1.52. The van der Waals surface area contributed by atoms with E-state index in [9.17, 15) is 0 Å². The summed E-state index contributed by atoms with van der Waals surface area (Å²) in [6, 6.07) is 0. The number of methoxy groups -OCH3 is 1. The van der Waals surface area contributed by atoms with Crippen molar-refractivity contribution in [3.63, 3.8) is 0 Å². The number of nitrogens with one attached hydrogen (secondary N) is 1. The van der Waals surface area contributed by atoms with Crippen LogP contribution < -0.4 is 5.32 Å². The van der Waals surface area contributed by atoms with E-state index in [1.165, 1.54) is 0 Å². The molecule has 0 radical (unpaired) electrons. The van der Waals surface area contributed by atoms with E-state index in [0.717, 1.165) is 24.8 Å². The summed E-state index contributed by atoms with van der Waals surface area (Å²) < 4.78 is 7.23. The van der Waals surface area contributed by atoms with E-state index in [1.54, 1.807) is 7.11 Å². The lowest BCUT2D eigenvalue weighted by atomic mass is 10.2. The van der Waals surface area contributed by atoms with Crippen molar-refractivity contribution in [2.24, 2.45) is 5.92 Å². The molecule has 80 valence electrons. The normalized spacial score (nSPS) is 12.9. The van der Waals surface area contributed by atoms with E-state index < -0.39 is 0 Å². The summed E-state index contributed by atoms with van der Waals surface area (Å²) in [5, 5.41) is 3.07. The fourth-order valence-corrected chi connectivity index (χ4v) is 1.56. The van der Waals surface area contributed by atoms with Crippen LogP contribution in [0.1, 0.15) is 12.6 Å². The zero-order chi connectivity index (χ0) is 10.6. The summed E-state index contributed by atoms with van der Waals surface area (Å²) in [6.45, 7) is 5.88. The van der Waals surface area contributed by atoms with Gasteiger partial charge in [-0.25, -0.2) is 4.98 Å². The lowest BCUT2D eigenvalue weighted by molar-refractivity contribution is 0.151. The maximum absolute atomic E-state index is 5.10. The van der Waals surface area contributed by atoms with Crippen molar-refractivity contribution in [1.29, 1.82) is 0 Å². The van der Waals surface area contributed by atoms with Crippen LogP contribution in [0, 0.1) is 12.8 Å². The Labute approximate surface area is 85.3 Å². The second kappa shape index (κ2) is 5.00. The van der Waals surface area contributed by atoms with E-state index in [2.05, 4.69) is 28.0 Å². The van der Waals surface area contributed by atoms with Crippen molar-refractivity contribution >= 4 is 5.95 Å². The van der Waals surface area contributed by atoms with Crippen molar-refractivity contribution in [3.05, 3.63) is 11.9 Å². The van der Waals surface area contributed by atoms with Gasteiger partial charge >= 0.3 is 0 Å². The molecular weight excluding hydrogens is 178 g/mol. The maximum atomic E-state index is 5.10.